The van der Waals surface area contributed by atoms with E-state index in [1.165, 1.54) is 27.7 Å². The molecule has 1 fully saturated rings. The standard InChI is InChI=1S/C20H24N2O2/c1-12-16-11-22-17-6-4-3-5-14(17)15-7-8-21(2)18(20(15)22)9-13(16)10-19(23)24-12/h3-6,11-13,18-19,23H,7-10H2,1-2H3. The van der Waals surface area contributed by atoms with Crippen molar-refractivity contribution in [1.82, 2.24) is 9.47 Å². The van der Waals surface area contributed by atoms with E-state index in [9.17, 15) is 5.11 Å². The number of para-hydroxylation sites is 1. The minimum Gasteiger partial charge on any atom is -0.368 e. The van der Waals surface area contributed by atoms with E-state index in [-0.39, 0.29) is 6.10 Å². The lowest BCUT2D eigenvalue weighted by molar-refractivity contribution is -0.150. The van der Waals surface area contributed by atoms with Crippen molar-refractivity contribution in [2.75, 3.05) is 13.6 Å². The molecular formula is C20H24N2O2. The molecular weight excluding hydrogens is 300 g/mol. The van der Waals surface area contributed by atoms with Crippen LogP contribution in [0.25, 0.3) is 17.1 Å². The maximum absolute atomic E-state index is 10.1. The molecule has 0 aliphatic carbocycles. The van der Waals surface area contributed by atoms with Gasteiger partial charge < -0.3 is 14.4 Å². The van der Waals surface area contributed by atoms with Crippen LogP contribution in [0.3, 0.4) is 0 Å². The Balaban J connectivity index is 1.78. The lowest BCUT2D eigenvalue weighted by atomic mass is 9.83. The van der Waals surface area contributed by atoms with Gasteiger partial charge in [-0.15, -0.1) is 0 Å². The molecule has 4 atom stereocenters. The zero-order valence-electron chi connectivity index (χ0n) is 14.3. The Morgan fingerprint density at radius 2 is 2.04 bits per heavy atom. The fourth-order valence-electron chi connectivity index (χ4n) is 5.00. The number of likely N-dealkylation sites (N-methyl/N-ethyl adjacent to an activating group) is 1. The number of hydrogen-bond donors (Lipinski definition) is 1. The summed E-state index contributed by atoms with van der Waals surface area (Å²) < 4.78 is 8.13. The first-order chi connectivity index (χ1) is 11.6. The monoisotopic (exact) mass is 324 g/mol. The molecule has 0 amide bonds. The molecule has 3 aliphatic heterocycles. The average Bonchev–Trinajstić information content (AvgIpc) is 2.75. The van der Waals surface area contributed by atoms with Crippen molar-refractivity contribution >= 4 is 17.1 Å². The van der Waals surface area contributed by atoms with Crippen LogP contribution < -0.4 is 0 Å². The second-order valence-corrected chi connectivity index (χ2v) is 7.53. The van der Waals surface area contributed by atoms with Gasteiger partial charge in [0.2, 0.25) is 0 Å². The van der Waals surface area contributed by atoms with Crippen LogP contribution >= 0.6 is 0 Å². The van der Waals surface area contributed by atoms with E-state index in [1.807, 2.05) is 0 Å². The number of ether oxygens (including phenoxy) is 1. The second-order valence-electron chi connectivity index (χ2n) is 7.53. The van der Waals surface area contributed by atoms with Gasteiger partial charge in [0, 0.05) is 30.2 Å². The summed E-state index contributed by atoms with van der Waals surface area (Å²) in [5.74, 6) is 0.390. The first kappa shape index (κ1) is 14.7. The Kier molecular flexibility index (Phi) is 3.18. The topological polar surface area (TPSA) is 37.6 Å². The highest BCUT2D eigenvalue weighted by Crippen LogP contribution is 2.46. The van der Waals surface area contributed by atoms with E-state index in [2.05, 4.69) is 53.9 Å². The first-order valence-electron chi connectivity index (χ1n) is 9.00. The van der Waals surface area contributed by atoms with Crippen LogP contribution in [0, 0.1) is 5.92 Å². The summed E-state index contributed by atoms with van der Waals surface area (Å²) in [6, 6.07) is 9.17. The van der Waals surface area contributed by atoms with Gasteiger partial charge in [0.25, 0.3) is 0 Å². The highest BCUT2D eigenvalue weighted by Gasteiger charge is 2.39. The van der Waals surface area contributed by atoms with Gasteiger partial charge in [-0.1, -0.05) is 18.2 Å². The fraction of sp³-hybridized carbons (Fsp3) is 0.500. The number of nitrogens with zero attached hydrogens (tertiary/aromatic N) is 2. The minimum atomic E-state index is -0.635. The Morgan fingerprint density at radius 1 is 1.21 bits per heavy atom. The van der Waals surface area contributed by atoms with Crippen LogP contribution in [0.5, 0.6) is 0 Å². The number of fused-ring (bicyclic) bond motifs is 4. The zero-order chi connectivity index (χ0) is 16.4. The lowest BCUT2D eigenvalue weighted by Crippen LogP contribution is -2.37. The largest absolute Gasteiger partial charge is 0.368 e. The molecule has 24 heavy (non-hydrogen) atoms. The highest BCUT2D eigenvalue weighted by atomic mass is 16.6. The maximum Gasteiger partial charge on any atom is 0.155 e. The third-order valence-electron chi connectivity index (χ3n) is 6.19. The van der Waals surface area contributed by atoms with Crippen LogP contribution in [0.4, 0.5) is 0 Å². The van der Waals surface area contributed by atoms with Gasteiger partial charge in [0.05, 0.1) is 17.7 Å². The van der Waals surface area contributed by atoms with Gasteiger partial charge >= 0.3 is 0 Å². The SMILES string of the molecule is CC1OC(O)CC2CC3c4c(c5ccccc5n4C=C21)CCN3C. The number of aliphatic hydroxyl groups excluding tert-OH is 1. The molecule has 0 bridgehead atoms. The minimum absolute atomic E-state index is 0.0268. The van der Waals surface area contributed by atoms with E-state index in [0.717, 1.165) is 19.4 Å². The molecule has 1 saturated heterocycles. The summed E-state index contributed by atoms with van der Waals surface area (Å²) in [5, 5.41) is 11.5. The Hall–Kier alpha value is -1.62. The summed E-state index contributed by atoms with van der Waals surface area (Å²) >= 11 is 0. The van der Waals surface area contributed by atoms with E-state index in [0.29, 0.717) is 18.4 Å². The number of aliphatic hydroxyl groups is 1. The molecule has 4 unspecified atom stereocenters. The molecule has 4 nitrogen and oxygen atoms in total. The van der Waals surface area contributed by atoms with Crippen molar-refractivity contribution in [2.24, 2.45) is 5.92 Å². The van der Waals surface area contributed by atoms with Gasteiger partial charge in [-0.05, 0) is 49.9 Å². The number of benzene rings is 1. The molecule has 0 radical (unpaired) electrons. The van der Waals surface area contributed by atoms with E-state index < -0.39 is 6.29 Å². The molecule has 4 heterocycles. The van der Waals surface area contributed by atoms with E-state index in [1.54, 1.807) is 0 Å². The molecule has 4 heteroatoms. The van der Waals surface area contributed by atoms with Crippen LogP contribution in [-0.4, -0.2) is 40.6 Å². The summed E-state index contributed by atoms with van der Waals surface area (Å²) in [4.78, 5) is 2.49. The third-order valence-corrected chi connectivity index (χ3v) is 6.19. The average molecular weight is 324 g/mol. The van der Waals surface area contributed by atoms with Crippen molar-refractivity contribution in [2.45, 2.75) is 44.6 Å². The fourth-order valence-corrected chi connectivity index (χ4v) is 5.00. The van der Waals surface area contributed by atoms with Gasteiger partial charge in [0.1, 0.15) is 0 Å². The number of hydrogen-bond acceptors (Lipinski definition) is 3. The maximum atomic E-state index is 10.1. The zero-order valence-corrected chi connectivity index (χ0v) is 14.3. The predicted octanol–water partition coefficient (Wildman–Crippen LogP) is 3.16. The highest BCUT2D eigenvalue weighted by molar-refractivity contribution is 5.88. The Bertz CT molecular complexity index is 838. The van der Waals surface area contributed by atoms with Gasteiger partial charge in [-0.2, -0.15) is 0 Å². The van der Waals surface area contributed by atoms with E-state index in [4.69, 9.17) is 4.74 Å². The number of aromatic nitrogens is 1. The Morgan fingerprint density at radius 3 is 2.92 bits per heavy atom. The molecule has 2 aromatic rings. The Labute approximate surface area is 142 Å². The molecule has 1 N–H and O–H groups in total. The lowest BCUT2D eigenvalue weighted by Gasteiger charge is -2.38. The van der Waals surface area contributed by atoms with Crippen molar-refractivity contribution in [3.63, 3.8) is 0 Å². The normalized spacial score (nSPS) is 32.9. The molecule has 3 aliphatic rings. The number of rotatable bonds is 0. The van der Waals surface area contributed by atoms with Gasteiger partial charge in [-0.3, -0.25) is 4.90 Å². The van der Waals surface area contributed by atoms with Crippen LogP contribution in [-0.2, 0) is 11.2 Å². The molecule has 0 spiro atoms. The summed E-state index contributed by atoms with van der Waals surface area (Å²) in [6.07, 6.45) is 4.53. The summed E-state index contributed by atoms with van der Waals surface area (Å²) in [5.41, 5.74) is 5.59. The molecule has 126 valence electrons. The van der Waals surface area contributed by atoms with Crippen molar-refractivity contribution < 1.29 is 9.84 Å². The van der Waals surface area contributed by atoms with Gasteiger partial charge in [0.15, 0.2) is 6.29 Å². The second kappa shape index (κ2) is 5.19. The van der Waals surface area contributed by atoms with Crippen LogP contribution in [0.2, 0.25) is 0 Å². The molecule has 1 aromatic carbocycles. The third kappa shape index (κ3) is 1.97. The molecule has 1 aromatic heterocycles. The molecule has 0 saturated carbocycles. The predicted molar refractivity (Wildman–Crippen MR) is 94.6 cm³/mol. The van der Waals surface area contributed by atoms with Crippen molar-refractivity contribution in [1.29, 1.82) is 0 Å². The van der Waals surface area contributed by atoms with Crippen molar-refractivity contribution in [3.05, 3.63) is 41.1 Å². The van der Waals surface area contributed by atoms with Crippen LogP contribution in [0.1, 0.15) is 37.1 Å². The van der Waals surface area contributed by atoms with Crippen molar-refractivity contribution in [3.8, 4) is 0 Å². The molecule has 5 rings (SSSR count). The first-order valence-corrected chi connectivity index (χ1v) is 9.00. The van der Waals surface area contributed by atoms with Crippen LogP contribution in [0.15, 0.2) is 29.8 Å². The van der Waals surface area contributed by atoms with Gasteiger partial charge in [-0.25, -0.2) is 0 Å². The quantitative estimate of drug-likeness (QED) is 0.809. The van der Waals surface area contributed by atoms with E-state index >= 15 is 0 Å². The summed E-state index contributed by atoms with van der Waals surface area (Å²) in [6.45, 7) is 3.17. The summed E-state index contributed by atoms with van der Waals surface area (Å²) in [7, 11) is 2.24. The smallest absolute Gasteiger partial charge is 0.155 e.